The zero-order valence-electron chi connectivity index (χ0n) is 10.0. The van der Waals surface area contributed by atoms with Gasteiger partial charge < -0.3 is 15.6 Å². The maximum Gasteiger partial charge on any atom is 0.165 e. The molecule has 3 N–H and O–H groups in total. The highest BCUT2D eigenvalue weighted by Gasteiger charge is 2.34. The van der Waals surface area contributed by atoms with Gasteiger partial charge in [0.15, 0.2) is 11.9 Å². The zero-order valence-corrected chi connectivity index (χ0v) is 10.0. The van der Waals surface area contributed by atoms with Crippen molar-refractivity contribution in [2.45, 2.75) is 25.7 Å². The normalized spacial score (nSPS) is 28.0. The van der Waals surface area contributed by atoms with Crippen LogP contribution in [0.3, 0.4) is 0 Å². The van der Waals surface area contributed by atoms with Gasteiger partial charge in [-0.15, -0.1) is 0 Å². The number of nitrogen functional groups attached to an aromatic ring is 1. The summed E-state index contributed by atoms with van der Waals surface area (Å²) in [7, 11) is 0. The number of aromatic nitrogens is 4. The average Bonchev–Trinajstić information content (AvgIpc) is 2.93. The maximum absolute atomic E-state index is 9.16. The lowest BCUT2D eigenvalue weighted by Gasteiger charge is -2.16. The lowest BCUT2D eigenvalue weighted by Crippen LogP contribution is -2.17. The van der Waals surface area contributed by atoms with E-state index in [0.717, 1.165) is 11.8 Å². The van der Waals surface area contributed by atoms with Gasteiger partial charge in [-0.25, -0.2) is 14.6 Å². The molecule has 18 heavy (non-hydrogen) atoms. The van der Waals surface area contributed by atoms with Gasteiger partial charge in [0.1, 0.15) is 12.1 Å². The Morgan fingerprint density at radius 1 is 1.56 bits per heavy atom. The summed E-state index contributed by atoms with van der Waals surface area (Å²) >= 11 is 0. The van der Waals surface area contributed by atoms with Gasteiger partial charge in [0.2, 0.25) is 0 Å². The highest BCUT2D eigenvalue weighted by Crippen LogP contribution is 2.35. The van der Waals surface area contributed by atoms with E-state index in [1.807, 2.05) is 0 Å². The minimum Gasteiger partial charge on any atom is -0.394 e. The predicted octanol–water partition coefficient (Wildman–Crippen LogP) is 0.324. The fourth-order valence-corrected chi connectivity index (χ4v) is 2.40. The number of fused-ring (bicyclic) bond motifs is 1. The molecule has 0 aromatic carbocycles. The lowest BCUT2D eigenvalue weighted by molar-refractivity contribution is -0.0354. The molecular formula is C11H15N5O2. The number of anilines is 1. The van der Waals surface area contributed by atoms with Crippen LogP contribution >= 0.6 is 0 Å². The van der Waals surface area contributed by atoms with Gasteiger partial charge in [0, 0.05) is 5.92 Å². The highest BCUT2D eigenvalue weighted by molar-refractivity contribution is 5.84. The molecular weight excluding hydrogens is 234 g/mol. The minimum absolute atomic E-state index is 0.0250. The maximum atomic E-state index is 9.16. The van der Waals surface area contributed by atoms with E-state index in [2.05, 4.69) is 22.0 Å². The molecule has 3 heterocycles. The third-order valence-corrected chi connectivity index (χ3v) is 3.32. The van der Waals surface area contributed by atoms with Crippen LogP contribution in [0.25, 0.3) is 11.0 Å². The van der Waals surface area contributed by atoms with E-state index in [0.29, 0.717) is 11.5 Å². The molecule has 1 aliphatic heterocycles. The molecule has 7 heteroatoms. The molecule has 96 valence electrons. The summed E-state index contributed by atoms with van der Waals surface area (Å²) in [5.41, 5.74) is 6.44. The topological polar surface area (TPSA) is 99.1 Å². The molecule has 1 saturated heterocycles. The van der Waals surface area contributed by atoms with E-state index in [1.165, 1.54) is 6.33 Å². The van der Waals surface area contributed by atoms with Crippen molar-refractivity contribution in [3.63, 3.8) is 0 Å². The fourth-order valence-electron chi connectivity index (χ4n) is 2.40. The summed E-state index contributed by atoms with van der Waals surface area (Å²) in [5.74, 6) is 0.678. The molecule has 3 rings (SSSR count). The van der Waals surface area contributed by atoms with Crippen LogP contribution < -0.4 is 5.73 Å². The molecule has 3 atom stereocenters. The molecule has 0 bridgehead atoms. The van der Waals surface area contributed by atoms with Crippen molar-refractivity contribution < 1.29 is 9.84 Å². The molecule has 0 spiro atoms. The van der Waals surface area contributed by atoms with Crippen LogP contribution in [-0.2, 0) is 4.74 Å². The lowest BCUT2D eigenvalue weighted by atomic mass is 10.1. The van der Waals surface area contributed by atoms with Crippen LogP contribution in [0.5, 0.6) is 0 Å². The molecule has 0 radical (unpaired) electrons. The summed E-state index contributed by atoms with van der Waals surface area (Å²) in [6.45, 7) is 2.09. The number of rotatable bonds is 2. The Hall–Kier alpha value is -1.73. The number of aliphatic hydroxyl groups is 1. The Balaban J connectivity index is 2.02. The van der Waals surface area contributed by atoms with Crippen molar-refractivity contribution >= 4 is 16.9 Å². The van der Waals surface area contributed by atoms with Gasteiger partial charge in [-0.2, -0.15) is 5.10 Å². The van der Waals surface area contributed by atoms with Crippen LogP contribution in [0, 0.1) is 5.92 Å². The van der Waals surface area contributed by atoms with Gasteiger partial charge in [0.25, 0.3) is 0 Å². The van der Waals surface area contributed by atoms with Crippen LogP contribution in [0.2, 0.25) is 0 Å². The van der Waals surface area contributed by atoms with Gasteiger partial charge in [-0.05, 0) is 6.42 Å². The van der Waals surface area contributed by atoms with Gasteiger partial charge in [-0.1, -0.05) is 6.92 Å². The van der Waals surface area contributed by atoms with E-state index in [4.69, 9.17) is 15.6 Å². The van der Waals surface area contributed by atoms with Crippen molar-refractivity contribution in [1.29, 1.82) is 0 Å². The second-order valence-electron chi connectivity index (χ2n) is 4.63. The number of ether oxygens (including phenoxy) is 1. The quantitative estimate of drug-likeness (QED) is 0.795. The number of nitrogens with two attached hydrogens (primary N) is 1. The third-order valence-electron chi connectivity index (χ3n) is 3.32. The fraction of sp³-hybridized carbons (Fsp3) is 0.545. The summed E-state index contributed by atoms with van der Waals surface area (Å²) in [6, 6.07) is 0. The van der Waals surface area contributed by atoms with Crippen molar-refractivity contribution in [2.24, 2.45) is 5.92 Å². The molecule has 0 amide bonds. The van der Waals surface area contributed by atoms with E-state index in [-0.39, 0.29) is 24.9 Å². The van der Waals surface area contributed by atoms with Crippen LogP contribution in [0.1, 0.15) is 19.6 Å². The summed E-state index contributed by atoms with van der Waals surface area (Å²) < 4.78 is 7.48. The Morgan fingerprint density at radius 3 is 3.11 bits per heavy atom. The first kappa shape index (κ1) is 11.4. The first-order chi connectivity index (χ1) is 8.70. The van der Waals surface area contributed by atoms with Crippen molar-refractivity contribution in [2.75, 3.05) is 12.3 Å². The number of hydrogen-bond acceptors (Lipinski definition) is 6. The van der Waals surface area contributed by atoms with E-state index < -0.39 is 0 Å². The van der Waals surface area contributed by atoms with E-state index >= 15 is 0 Å². The van der Waals surface area contributed by atoms with Crippen molar-refractivity contribution in [1.82, 2.24) is 19.7 Å². The molecule has 2 aromatic rings. The summed E-state index contributed by atoms with van der Waals surface area (Å²) in [5, 5.41) is 14.2. The van der Waals surface area contributed by atoms with Crippen LogP contribution in [0.4, 0.5) is 5.82 Å². The monoisotopic (exact) mass is 249 g/mol. The second-order valence-corrected chi connectivity index (χ2v) is 4.63. The highest BCUT2D eigenvalue weighted by atomic mass is 16.5. The molecule has 0 aliphatic carbocycles. The first-order valence-corrected chi connectivity index (χ1v) is 5.90. The molecule has 2 aromatic heterocycles. The SMILES string of the molecule is C[C@H]1C[C@@H](CO)O[C@H]1n1ncc2c(N)ncnc21. The number of aliphatic hydroxyl groups excluding tert-OH is 1. The number of hydrogen-bond donors (Lipinski definition) is 2. The third kappa shape index (κ3) is 1.63. The predicted molar refractivity (Wildman–Crippen MR) is 64.5 cm³/mol. The molecule has 0 unspecified atom stereocenters. The molecule has 1 aliphatic rings. The Bertz CT molecular complexity index is 570. The van der Waals surface area contributed by atoms with Gasteiger partial charge in [0.05, 0.1) is 24.3 Å². The average molecular weight is 249 g/mol. The smallest absolute Gasteiger partial charge is 0.165 e. The summed E-state index contributed by atoms with van der Waals surface area (Å²) in [6.07, 6.45) is 3.52. The Morgan fingerprint density at radius 2 is 2.39 bits per heavy atom. The minimum atomic E-state index is -0.214. The van der Waals surface area contributed by atoms with Crippen LogP contribution in [-0.4, -0.2) is 37.6 Å². The number of nitrogens with zero attached hydrogens (tertiary/aromatic N) is 4. The van der Waals surface area contributed by atoms with E-state index in [9.17, 15) is 0 Å². The first-order valence-electron chi connectivity index (χ1n) is 5.90. The molecule has 0 saturated carbocycles. The standard InChI is InChI=1S/C11H15N5O2/c1-6-2-7(4-17)18-11(6)16-10-8(3-15-16)9(12)13-5-14-10/h3,5-7,11,17H,2,4H2,1H3,(H2,12,13,14)/t6-,7-,11+/m0/s1. The van der Waals surface area contributed by atoms with Gasteiger partial charge in [-0.3, -0.25) is 0 Å². The van der Waals surface area contributed by atoms with Crippen molar-refractivity contribution in [3.05, 3.63) is 12.5 Å². The largest absolute Gasteiger partial charge is 0.394 e. The Labute approximate surface area is 104 Å². The van der Waals surface area contributed by atoms with E-state index in [1.54, 1.807) is 10.9 Å². The summed E-state index contributed by atoms with van der Waals surface area (Å²) in [4.78, 5) is 8.13. The second kappa shape index (κ2) is 4.18. The zero-order chi connectivity index (χ0) is 12.7. The van der Waals surface area contributed by atoms with Crippen molar-refractivity contribution in [3.8, 4) is 0 Å². The van der Waals surface area contributed by atoms with Crippen LogP contribution in [0.15, 0.2) is 12.5 Å². The Kier molecular flexibility index (Phi) is 2.64. The van der Waals surface area contributed by atoms with Gasteiger partial charge >= 0.3 is 0 Å². The molecule has 1 fully saturated rings. The molecule has 7 nitrogen and oxygen atoms in total.